The van der Waals surface area contributed by atoms with E-state index in [0.717, 1.165) is 11.3 Å². The molecule has 3 nitrogen and oxygen atoms in total. The highest BCUT2D eigenvalue weighted by molar-refractivity contribution is 5.86. The number of benzene rings is 1. The summed E-state index contributed by atoms with van der Waals surface area (Å²) in [4.78, 5) is 10.9. The fraction of sp³-hybridized carbons (Fsp3) is 0.222. The fourth-order valence-corrected chi connectivity index (χ4v) is 1.54. The van der Waals surface area contributed by atoms with Crippen molar-refractivity contribution >= 4 is 48.8 Å². The summed E-state index contributed by atoms with van der Waals surface area (Å²) in [7, 11) is 0. The lowest BCUT2D eigenvalue weighted by molar-refractivity contribution is -0.119. The van der Waals surface area contributed by atoms with E-state index in [9.17, 15) is 4.79 Å². The largest absolute Gasteiger partial charge is 0.384 e. The lowest BCUT2D eigenvalue weighted by atomic mass is 10.0. The topological polar surface area (TPSA) is 55.1 Å². The molecule has 6 heteroatoms. The van der Waals surface area contributed by atoms with E-state index in [1.807, 2.05) is 24.3 Å². The number of primary amides is 1. The summed E-state index contributed by atoms with van der Waals surface area (Å²) in [6, 6.07) is 7.75. The first-order chi connectivity index (χ1) is 5.79. The number of rotatable bonds is 1. The molecule has 0 spiro atoms. The third-order valence-electron chi connectivity index (χ3n) is 2.18. The molecule has 1 aliphatic heterocycles. The van der Waals surface area contributed by atoms with Crippen molar-refractivity contribution in [2.45, 2.75) is 5.92 Å². The highest BCUT2D eigenvalue weighted by Gasteiger charge is 2.25. The van der Waals surface area contributed by atoms with E-state index in [1.54, 1.807) is 0 Å². The van der Waals surface area contributed by atoms with Gasteiger partial charge in [-0.3, -0.25) is 4.79 Å². The predicted molar refractivity (Wildman–Crippen MR) is 68.6 cm³/mol. The molecular weight excluding hydrogens is 258 g/mol. The van der Waals surface area contributed by atoms with Crippen molar-refractivity contribution in [2.24, 2.45) is 5.73 Å². The Morgan fingerprint density at radius 3 is 2.47 bits per heavy atom. The number of fused-ring (bicyclic) bond motifs is 1. The second-order valence-electron chi connectivity index (χ2n) is 2.92. The summed E-state index contributed by atoms with van der Waals surface area (Å²) < 4.78 is 0. The number of anilines is 1. The predicted octanol–water partition coefficient (Wildman–Crippen LogP) is 1.95. The zero-order valence-electron chi connectivity index (χ0n) is 7.80. The van der Waals surface area contributed by atoms with E-state index in [1.165, 1.54) is 0 Å². The zero-order chi connectivity index (χ0) is 8.55. The Labute approximate surface area is 107 Å². The van der Waals surface area contributed by atoms with Gasteiger partial charge in [0, 0.05) is 12.2 Å². The maximum atomic E-state index is 10.9. The van der Waals surface area contributed by atoms with Gasteiger partial charge in [0.1, 0.15) is 0 Å². The Hall–Kier alpha value is -0.640. The molecule has 1 aromatic rings. The Morgan fingerprint density at radius 1 is 1.27 bits per heavy atom. The minimum Gasteiger partial charge on any atom is -0.384 e. The van der Waals surface area contributed by atoms with Crippen LogP contribution in [0.4, 0.5) is 5.69 Å². The van der Waals surface area contributed by atoms with Crippen molar-refractivity contribution < 1.29 is 4.79 Å². The van der Waals surface area contributed by atoms with Crippen LogP contribution in [0.2, 0.25) is 0 Å². The lowest BCUT2D eigenvalue weighted by Gasteiger charge is -2.02. The molecule has 2 rings (SSSR count). The molecule has 1 atom stereocenters. The van der Waals surface area contributed by atoms with Gasteiger partial charge in [-0.2, -0.15) is 0 Å². The fourth-order valence-electron chi connectivity index (χ4n) is 1.54. The Morgan fingerprint density at radius 2 is 1.87 bits per heavy atom. The Balaban J connectivity index is 0. The minimum atomic E-state index is -0.257. The van der Waals surface area contributed by atoms with Crippen molar-refractivity contribution in [1.29, 1.82) is 0 Å². The molecule has 0 aromatic heterocycles. The van der Waals surface area contributed by atoms with E-state index in [-0.39, 0.29) is 49.0 Å². The third kappa shape index (κ3) is 3.16. The summed E-state index contributed by atoms with van der Waals surface area (Å²) in [5.41, 5.74) is 7.28. The average molecular weight is 272 g/mol. The first-order valence-corrected chi connectivity index (χ1v) is 3.91. The standard InChI is InChI=1S/C9H10N2O.3ClH/c10-9(12)7-5-11-8-4-2-1-3-6(7)8;;;/h1-4,7,11H,5H2,(H2,10,12);3*1H. The SMILES string of the molecule is Cl.Cl.Cl.NC(=O)C1CNc2ccccc21. The molecule has 86 valence electrons. The summed E-state index contributed by atoms with van der Waals surface area (Å²) in [5.74, 6) is -0.409. The number of para-hydroxylation sites is 1. The van der Waals surface area contributed by atoms with E-state index >= 15 is 0 Å². The minimum absolute atomic E-state index is 0. The van der Waals surface area contributed by atoms with E-state index in [4.69, 9.17) is 5.73 Å². The molecule has 0 fully saturated rings. The highest BCUT2D eigenvalue weighted by Crippen LogP contribution is 2.30. The molecule has 1 unspecified atom stereocenters. The number of amides is 1. The summed E-state index contributed by atoms with van der Waals surface area (Å²) in [5, 5.41) is 3.13. The molecule has 0 saturated heterocycles. The van der Waals surface area contributed by atoms with Crippen LogP contribution in [0.5, 0.6) is 0 Å². The maximum Gasteiger partial charge on any atom is 0.226 e. The number of carbonyl (C=O) groups excluding carboxylic acids is 1. The van der Waals surface area contributed by atoms with Gasteiger partial charge in [0.25, 0.3) is 0 Å². The van der Waals surface area contributed by atoms with Crippen molar-refractivity contribution in [2.75, 3.05) is 11.9 Å². The van der Waals surface area contributed by atoms with Crippen LogP contribution in [-0.2, 0) is 4.79 Å². The monoisotopic (exact) mass is 270 g/mol. The average Bonchev–Trinajstić information content (AvgIpc) is 2.47. The second-order valence-corrected chi connectivity index (χ2v) is 2.92. The van der Waals surface area contributed by atoms with Gasteiger partial charge in [0.05, 0.1) is 5.92 Å². The van der Waals surface area contributed by atoms with Crippen LogP contribution in [0.3, 0.4) is 0 Å². The summed E-state index contributed by atoms with van der Waals surface area (Å²) in [6.45, 7) is 0.634. The lowest BCUT2D eigenvalue weighted by Crippen LogP contribution is -2.22. The van der Waals surface area contributed by atoms with Crippen molar-refractivity contribution in [3.63, 3.8) is 0 Å². The zero-order valence-corrected chi connectivity index (χ0v) is 10.3. The quantitative estimate of drug-likeness (QED) is 0.820. The summed E-state index contributed by atoms with van der Waals surface area (Å²) in [6.07, 6.45) is 0. The molecule has 0 aliphatic carbocycles. The van der Waals surface area contributed by atoms with Crippen LogP contribution in [0.15, 0.2) is 24.3 Å². The van der Waals surface area contributed by atoms with Gasteiger partial charge in [-0.05, 0) is 11.6 Å². The van der Waals surface area contributed by atoms with E-state index < -0.39 is 0 Å². The number of halogens is 3. The summed E-state index contributed by atoms with van der Waals surface area (Å²) >= 11 is 0. The van der Waals surface area contributed by atoms with Gasteiger partial charge in [-0.25, -0.2) is 0 Å². The normalized spacial score (nSPS) is 15.9. The maximum absolute atomic E-state index is 10.9. The van der Waals surface area contributed by atoms with Gasteiger partial charge in [-0.1, -0.05) is 18.2 Å². The molecule has 3 N–H and O–H groups in total. The van der Waals surface area contributed by atoms with Crippen molar-refractivity contribution in [3.05, 3.63) is 29.8 Å². The number of nitrogens with one attached hydrogen (secondary N) is 1. The van der Waals surface area contributed by atoms with Gasteiger partial charge >= 0.3 is 0 Å². The van der Waals surface area contributed by atoms with Crippen LogP contribution in [0.1, 0.15) is 11.5 Å². The molecule has 1 aromatic carbocycles. The van der Waals surface area contributed by atoms with Crippen molar-refractivity contribution in [3.8, 4) is 0 Å². The van der Waals surface area contributed by atoms with Crippen LogP contribution in [0, 0.1) is 0 Å². The van der Waals surface area contributed by atoms with Gasteiger partial charge < -0.3 is 11.1 Å². The molecule has 1 aliphatic rings. The molecular formula is C9H13Cl3N2O. The number of nitrogens with two attached hydrogens (primary N) is 1. The molecule has 1 heterocycles. The van der Waals surface area contributed by atoms with E-state index in [0.29, 0.717) is 6.54 Å². The van der Waals surface area contributed by atoms with Crippen molar-refractivity contribution in [1.82, 2.24) is 0 Å². The van der Waals surface area contributed by atoms with Gasteiger partial charge in [0.2, 0.25) is 5.91 Å². The molecule has 0 saturated carbocycles. The second kappa shape index (κ2) is 6.77. The molecule has 0 radical (unpaired) electrons. The van der Waals surface area contributed by atoms with Crippen LogP contribution in [-0.4, -0.2) is 12.5 Å². The number of carbonyl (C=O) groups is 1. The molecule has 15 heavy (non-hydrogen) atoms. The van der Waals surface area contributed by atoms with Crippen LogP contribution < -0.4 is 11.1 Å². The Kier molecular flexibility index (Phi) is 7.58. The smallest absolute Gasteiger partial charge is 0.226 e. The first-order valence-electron chi connectivity index (χ1n) is 3.91. The van der Waals surface area contributed by atoms with Gasteiger partial charge in [0.15, 0.2) is 0 Å². The van der Waals surface area contributed by atoms with Gasteiger partial charge in [-0.15, -0.1) is 37.2 Å². The molecule has 0 bridgehead atoms. The Bertz CT molecular complexity index is 333. The number of hydrogen-bond acceptors (Lipinski definition) is 2. The van der Waals surface area contributed by atoms with Crippen LogP contribution in [0.25, 0.3) is 0 Å². The third-order valence-corrected chi connectivity index (χ3v) is 2.18. The number of hydrogen-bond donors (Lipinski definition) is 2. The highest BCUT2D eigenvalue weighted by atomic mass is 35.5. The first kappa shape index (κ1) is 16.8. The van der Waals surface area contributed by atoms with E-state index in [2.05, 4.69) is 5.32 Å². The molecule has 1 amide bonds. The van der Waals surface area contributed by atoms with Crippen LogP contribution >= 0.6 is 37.2 Å².